The van der Waals surface area contributed by atoms with Gasteiger partial charge >= 0.3 is 0 Å². The van der Waals surface area contributed by atoms with E-state index in [4.69, 9.17) is 9.84 Å². The first-order valence-electron chi connectivity index (χ1n) is 4.81. The van der Waals surface area contributed by atoms with E-state index < -0.39 is 5.60 Å². The van der Waals surface area contributed by atoms with E-state index in [9.17, 15) is 9.90 Å². The SMILES string of the molecule is COCCNC(=O)CNCC(C)(O)CO. The van der Waals surface area contributed by atoms with Crippen LogP contribution in [-0.2, 0) is 9.53 Å². The predicted molar refractivity (Wildman–Crippen MR) is 55.5 cm³/mol. The van der Waals surface area contributed by atoms with Crippen molar-refractivity contribution in [3.63, 3.8) is 0 Å². The zero-order chi connectivity index (χ0) is 11.7. The van der Waals surface area contributed by atoms with E-state index in [1.807, 2.05) is 0 Å². The Morgan fingerprint density at radius 2 is 2.20 bits per heavy atom. The Kier molecular flexibility index (Phi) is 7.23. The molecule has 4 N–H and O–H groups in total. The molecule has 0 bridgehead atoms. The average Bonchev–Trinajstić information content (AvgIpc) is 2.18. The average molecular weight is 220 g/mol. The molecule has 6 heteroatoms. The van der Waals surface area contributed by atoms with Gasteiger partial charge in [-0.2, -0.15) is 0 Å². The number of aliphatic hydroxyl groups is 2. The molecule has 0 fully saturated rings. The number of carbonyl (C=O) groups is 1. The zero-order valence-corrected chi connectivity index (χ0v) is 9.25. The molecule has 6 nitrogen and oxygen atoms in total. The van der Waals surface area contributed by atoms with Crippen LogP contribution < -0.4 is 10.6 Å². The summed E-state index contributed by atoms with van der Waals surface area (Å²) in [5.41, 5.74) is -1.19. The van der Waals surface area contributed by atoms with Gasteiger partial charge in [0.15, 0.2) is 0 Å². The van der Waals surface area contributed by atoms with E-state index >= 15 is 0 Å². The third-order valence-electron chi connectivity index (χ3n) is 1.76. The van der Waals surface area contributed by atoms with Crippen LogP contribution >= 0.6 is 0 Å². The van der Waals surface area contributed by atoms with Gasteiger partial charge < -0.3 is 25.6 Å². The summed E-state index contributed by atoms with van der Waals surface area (Å²) in [6.07, 6.45) is 0. The van der Waals surface area contributed by atoms with E-state index in [-0.39, 0.29) is 25.6 Å². The molecule has 1 amide bonds. The van der Waals surface area contributed by atoms with Gasteiger partial charge in [-0.25, -0.2) is 0 Å². The van der Waals surface area contributed by atoms with E-state index in [1.165, 1.54) is 6.92 Å². The lowest BCUT2D eigenvalue weighted by atomic mass is 10.1. The van der Waals surface area contributed by atoms with Crippen LogP contribution in [0.3, 0.4) is 0 Å². The van der Waals surface area contributed by atoms with Crippen molar-refractivity contribution in [1.82, 2.24) is 10.6 Å². The van der Waals surface area contributed by atoms with Crippen molar-refractivity contribution >= 4 is 5.91 Å². The van der Waals surface area contributed by atoms with Gasteiger partial charge in [0.2, 0.25) is 5.91 Å². The Labute approximate surface area is 89.6 Å². The minimum absolute atomic E-state index is 0.111. The van der Waals surface area contributed by atoms with Crippen molar-refractivity contribution in [2.75, 3.05) is 40.0 Å². The van der Waals surface area contributed by atoms with Gasteiger partial charge in [0.25, 0.3) is 0 Å². The number of ether oxygens (including phenoxy) is 1. The minimum Gasteiger partial charge on any atom is -0.393 e. The summed E-state index contributed by atoms with van der Waals surface area (Å²) in [5.74, 6) is -0.166. The van der Waals surface area contributed by atoms with E-state index in [0.29, 0.717) is 13.2 Å². The highest BCUT2D eigenvalue weighted by molar-refractivity contribution is 5.77. The first kappa shape index (κ1) is 14.3. The summed E-state index contributed by atoms with van der Waals surface area (Å²) in [5, 5.41) is 23.5. The fourth-order valence-electron chi connectivity index (χ4n) is 0.856. The molecule has 1 unspecified atom stereocenters. The maximum absolute atomic E-state index is 11.1. The molecule has 0 saturated carbocycles. The lowest BCUT2D eigenvalue weighted by molar-refractivity contribution is -0.120. The number of methoxy groups -OCH3 is 1. The van der Waals surface area contributed by atoms with Gasteiger partial charge in [0, 0.05) is 20.2 Å². The number of aliphatic hydroxyl groups excluding tert-OH is 1. The molecular weight excluding hydrogens is 200 g/mol. The van der Waals surface area contributed by atoms with Crippen LogP contribution in [0.4, 0.5) is 0 Å². The Hall–Kier alpha value is -0.690. The Bertz CT molecular complexity index is 185. The fraction of sp³-hybridized carbons (Fsp3) is 0.889. The molecule has 0 rings (SSSR count). The van der Waals surface area contributed by atoms with Gasteiger partial charge in [-0.15, -0.1) is 0 Å². The van der Waals surface area contributed by atoms with Crippen molar-refractivity contribution in [1.29, 1.82) is 0 Å². The molecule has 0 radical (unpaired) electrons. The number of rotatable bonds is 8. The summed E-state index contributed by atoms with van der Waals surface area (Å²) < 4.78 is 4.76. The molecule has 0 aromatic heterocycles. The maximum Gasteiger partial charge on any atom is 0.234 e. The van der Waals surface area contributed by atoms with Crippen LogP contribution in [0.25, 0.3) is 0 Å². The van der Waals surface area contributed by atoms with Crippen LogP contribution in [0.5, 0.6) is 0 Å². The summed E-state index contributed by atoms with van der Waals surface area (Å²) in [7, 11) is 1.56. The maximum atomic E-state index is 11.1. The summed E-state index contributed by atoms with van der Waals surface area (Å²) in [6, 6.07) is 0. The minimum atomic E-state index is -1.19. The van der Waals surface area contributed by atoms with E-state index in [2.05, 4.69) is 10.6 Å². The van der Waals surface area contributed by atoms with Crippen molar-refractivity contribution in [2.24, 2.45) is 0 Å². The Balaban J connectivity index is 3.46. The van der Waals surface area contributed by atoms with E-state index in [1.54, 1.807) is 7.11 Å². The van der Waals surface area contributed by atoms with Crippen LogP contribution in [0.15, 0.2) is 0 Å². The quantitative estimate of drug-likeness (QED) is 0.358. The van der Waals surface area contributed by atoms with Crippen LogP contribution in [0.2, 0.25) is 0 Å². The normalized spacial score (nSPS) is 14.7. The summed E-state index contributed by atoms with van der Waals surface area (Å²) >= 11 is 0. The topological polar surface area (TPSA) is 90.8 Å². The number of hydrogen-bond donors (Lipinski definition) is 4. The second-order valence-corrected chi connectivity index (χ2v) is 3.60. The highest BCUT2D eigenvalue weighted by atomic mass is 16.5. The fourth-order valence-corrected chi connectivity index (χ4v) is 0.856. The number of carbonyl (C=O) groups excluding carboxylic acids is 1. The van der Waals surface area contributed by atoms with Crippen LogP contribution in [0, 0.1) is 0 Å². The zero-order valence-electron chi connectivity index (χ0n) is 9.25. The van der Waals surface area contributed by atoms with Crippen LogP contribution in [-0.4, -0.2) is 61.7 Å². The molecule has 90 valence electrons. The number of nitrogens with one attached hydrogen (secondary N) is 2. The second kappa shape index (κ2) is 7.58. The molecular formula is C9H20N2O4. The van der Waals surface area contributed by atoms with Gasteiger partial charge in [0.1, 0.15) is 0 Å². The molecule has 0 aromatic carbocycles. The first-order valence-corrected chi connectivity index (χ1v) is 4.81. The van der Waals surface area contributed by atoms with Crippen molar-refractivity contribution in [2.45, 2.75) is 12.5 Å². The van der Waals surface area contributed by atoms with Gasteiger partial charge in [-0.3, -0.25) is 4.79 Å². The monoisotopic (exact) mass is 220 g/mol. The molecule has 0 spiro atoms. The molecule has 15 heavy (non-hydrogen) atoms. The molecule has 0 heterocycles. The predicted octanol–water partition coefficient (Wildman–Crippen LogP) is -1.92. The third-order valence-corrected chi connectivity index (χ3v) is 1.76. The molecule has 0 aliphatic carbocycles. The molecule has 0 aliphatic rings. The number of hydrogen-bond acceptors (Lipinski definition) is 5. The number of amides is 1. The van der Waals surface area contributed by atoms with Crippen molar-refractivity contribution in [3.05, 3.63) is 0 Å². The highest BCUT2D eigenvalue weighted by Crippen LogP contribution is 1.97. The van der Waals surface area contributed by atoms with Crippen molar-refractivity contribution < 1.29 is 19.7 Å². The highest BCUT2D eigenvalue weighted by Gasteiger charge is 2.18. The van der Waals surface area contributed by atoms with Crippen molar-refractivity contribution in [3.8, 4) is 0 Å². The Morgan fingerprint density at radius 3 is 2.73 bits per heavy atom. The van der Waals surface area contributed by atoms with E-state index in [0.717, 1.165) is 0 Å². The third kappa shape index (κ3) is 8.31. The molecule has 0 aromatic rings. The lowest BCUT2D eigenvalue weighted by Gasteiger charge is -2.20. The van der Waals surface area contributed by atoms with Gasteiger partial charge in [-0.1, -0.05) is 0 Å². The standard InChI is InChI=1S/C9H20N2O4/c1-9(14,7-12)6-10-5-8(13)11-3-4-15-2/h10,12,14H,3-7H2,1-2H3,(H,11,13). The van der Waals surface area contributed by atoms with Gasteiger partial charge in [0.05, 0.1) is 25.4 Å². The second-order valence-electron chi connectivity index (χ2n) is 3.60. The first-order chi connectivity index (χ1) is 7.02. The smallest absolute Gasteiger partial charge is 0.234 e. The largest absolute Gasteiger partial charge is 0.393 e. The molecule has 0 aliphatic heterocycles. The van der Waals surface area contributed by atoms with Gasteiger partial charge in [-0.05, 0) is 6.92 Å². The molecule has 0 saturated heterocycles. The van der Waals surface area contributed by atoms with Crippen LogP contribution in [0.1, 0.15) is 6.92 Å². The Morgan fingerprint density at radius 1 is 1.53 bits per heavy atom. The summed E-state index contributed by atoms with van der Waals surface area (Å²) in [6.45, 7) is 2.36. The lowest BCUT2D eigenvalue weighted by Crippen LogP contribution is -2.44. The summed E-state index contributed by atoms with van der Waals surface area (Å²) in [4.78, 5) is 11.1. The molecule has 1 atom stereocenters.